The first-order valence-corrected chi connectivity index (χ1v) is 5.87. The highest BCUT2D eigenvalue weighted by Crippen LogP contribution is 2.27. The smallest absolute Gasteiger partial charge is 0.0640 e. The van der Waals surface area contributed by atoms with Crippen LogP contribution in [0.25, 0.3) is 0 Å². The van der Waals surface area contributed by atoms with E-state index < -0.39 is 0 Å². The van der Waals surface area contributed by atoms with Gasteiger partial charge in [-0.05, 0) is 11.6 Å². The Labute approximate surface area is 125 Å². The van der Waals surface area contributed by atoms with Crippen LogP contribution in [0.5, 0.6) is 0 Å². The number of pyridine rings is 1. The average molecular weight is 311 g/mol. The Hall–Kier alpha value is -0.320. The highest BCUT2D eigenvalue weighted by atomic mass is 35.5. The van der Waals surface area contributed by atoms with E-state index >= 15 is 0 Å². The maximum absolute atomic E-state index is 6.16. The lowest BCUT2D eigenvalue weighted by Crippen LogP contribution is -2.44. The molecule has 1 aromatic rings. The number of halogens is 3. The standard InChI is InChI=1S/C12H16ClN3.2ClH/c1-2-12(16-7-5-14-6-8-16)10-3-4-15-9-11(10)13;;/h2-4,9,12,14H,1,5-8H2;2*1H/t12-;;/m0../s1. The minimum Gasteiger partial charge on any atom is -0.314 e. The first kappa shape index (κ1) is 17.7. The van der Waals surface area contributed by atoms with Crippen LogP contribution in [0.4, 0.5) is 0 Å². The number of nitrogens with one attached hydrogen (secondary N) is 1. The molecule has 0 aromatic carbocycles. The third-order valence-corrected chi connectivity index (χ3v) is 3.21. The fourth-order valence-corrected chi connectivity index (χ4v) is 2.29. The van der Waals surface area contributed by atoms with Gasteiger partial charge in [0.1, 0.15) is 0 Å². The van der Waals surface area contributed by atoms with Crippen molar-refractivity contribution < 1.29 is 0 Å². The summed E-state index contributed by atoms with van der Waals surface area (Å²) in [4.78, 5) is 6.39. The molecule has 6 heteroatoms. The molecule has 1 aliphatic heterocycles. The molecule has 0 unspecified atom stereocenters. The fourth-order valence-electron chi connectivity index (χ4n) is 2.06. The quantitative estimate of drug-likeness (QED) is 0.870. The van der Waals surface area contributed by atoms with Gasteiger partial charge in [0.2, 0.25) is 0 Å². The van der Waals surface area contributed by atoms with Crippen molar-refractivity contribution in [1.82, 2.24) is 15.2 Å². The topological polar surface area (TPSA) is 28.2 Å². The summed E-state index contributed by atoms with van der Waals surface area (Å²) < 4.78 is 0. The molecule has 0 spiro atoms. The molecule has 1 atom stereocenters. The van der Waals surface area contributed by atoms with E-state index in [0.717, 1.165) is 31.7 Å². The van der Waals surface area contributed by atoms with Gasteiger partial charge in [0.05, 0.1) is 11.1 Å². The predicted molar refractivity (Wildman–Crippen MR) is 81.1 cm³/mol. The van der Waals surface area contributed by atoms with Gasteiger partial charge in [0, 0.05) is 38.6 Å². The minimum absolute atomic E-state index is 0. The Morgan fingerprint density at radius 1 is 1.39 bits per heavy atom. The van der Waals surface area contributed by atoms with E-state index in [9.17, 15) is 0 Å². The Morgan fingerprint density at radius 3 is 2.61 bits per heavy atom. The molecule has 2 heterocycles. The van der Waals surface area contributed by atoms with Crippen LogP contribution >= 0.6 is 36.4 Å². The molecule has 1 aliphatic rings. The van der Waals surface area contributed by atoms with Gasteiger partial charge in [-0.3, -0.25) is 9.88 Å². The van der Waals surface area contributed by atoms with Crippen molar-refractivity contribution in [3.63, 3.8) is 0 Å². The summed E-state index contributed by atoms with van der Waals surface area (Å²) in [6.07, 6.45) is 5.42. The molecule has 0 amide bonds. The van der Waals surface area contributed by atoms with Gasteiger partial charge in [-0.1, -0.05) is 17.7 Å². The van der Waals surface area contributed by atoms with Gasteiger partial charge in [-0.2, -0.15) is 0 Å². The van der Waals surface area contributed by atoms with Crippen molar-refractivity contribution in [2.24, 2.45) is 0 Å². The summed E-state index contributed by atoms with van der Waals surface area (Å²) in [5, 5.41) is 4.05. The predicted octanol–water partition coefficient (Wildman–Crippen LogP) is 2.71. The van der Waals surface area contributed by atoms with Crippen LogP contribution in [-0.4, -0.2) is 36.1 Å². The van der Waals surface area contributed by atoms with Crippen molar-refractivity contribution in [2.75, 3.05) is 26.2 Å². The summed E-state index contributed by atoms with van der Waals surface area (Å²) in [6, 6.07) is 2.16. The zero-order valence-corrected chi connectivity index (χ0v) is 12.4. The summed E-state index contributed by atoms with van der Waals surface area (Å²) in [5.74, 6) is 0. The maximum Gasteiger partial charge on any atom is 0.0640 e. The third-order valence-electron chi connectivity index (χ3n) is 2.89. The molecular formula is C12H18Cl3N3. The van der Waals surface area contributed by atoms with E-state index in [-0.39, 0.29) is 30.9 Å². The van der Waals surface area contributed by atoms with Crippen LogP contribution in [0.15, 0.2) is 31.1 Å². The molecule has 0 saturated carbocycles. The maximum atomic E-state index is 6.16. The second kappa shape index (κ2) is 8.73. The molecule has 0 bridgehead atoms. The summed E-state index contributed by atoms with van der Waals surface area (Å²) in [5.41, 5.74) is 1.09. The summed E-state index contributed by atoms with van der Waals surface area (Å²) >= 11 is 6.16. The number of aromatic nitrogens is 1. The second-order valence-electron chi connectivity index (χ2n) is 3.86. The lowest BCUT2D eigenvalue weighted by Gasteiger charge is -2.33. The Morgan fingerprint density at radius 2 is 2.06 bits per heavy atom. The molecule has 1 aromatic heterocycles. The first-order valence-electron chi connectivity index (χ1n) is 5.49. The van der Waals surface area contributed by atoms with Gasteiger partial charge in [0.15, 0.2) is 0 Å². The van der Waals surface area contributed by atoms with Crippen LogP contribution in [0.3, 0.4) is 0 Å². The zero-order valence-electron chi connectivity index (χ0n) is 10.0. The molecule has 0 aliphatic carbocycles. The monoisotopic (exact) mass is 309 g/mol. The Balaban J connectivity index is 0.00000144. The largest absolute Gasteiger partial charge is 0.314 e. The molecule has 2 rings (SSSR count). The van der Waals surface area contributed by atoms with E-state index in [4.69, 9.17) is 11.6 Å². The third kappa shape index (κ3) is 4.11. The SMILES string of the molecule is C=C[C@@H](c1ccncc1Cl)N1CCNCC1.Cl.Cl. The Kier molecular flexibility index (Phi) is 8.57. The van der Waals surface area contributed by atoms with Gasteiger partial charge in [0.25, 0.3) is 0 Å². The molecule has 0 radical (unpaired) electrons. The van der Waals surface area contributed by atoms with Crippen molar-refractivity contribution >= 4 is 36.4 Å². The van der Waals surface area contributed by atoms with Crippen molar-refractivity contribution in [3.8, 4) is 0 Å². The van der Waals surface area contributed by atoms with E-state index in [2.05, 4.69) is 21.8 Å². The molecule has 18 heavy (non-hydrogen) atoms. The molecule has 1 saturated heterocycles. The van der Waals surface area contributed by atoms with Gasteiger partial charge in [-0.15, -0.1) is 31.4 Å². The van der Waals surface area contributed by atoms with E-state index in [1.807, 2.05) is 12.1 Å². The van der Waals surface area contributed by atoms with Crippen LogP contribution in [0, 0.1) is 0 Å². The lowest BCUT2D eigenvalue weighted by molar-refractivity contribution is 0.203. The number of hydrogen-bond acceptors (Lipinski definition) is 3. The molecule has 102 valence electrons. The lowest BCUT2D eigenvalue weighted by atomic mass is 10.1. The van der Waals surface area contributed by atoms with Gasteiger partial charge >= 0.3 is 0 Å². The van der Waals surface area contributed by atoms with Crippen molar-refractivity contribution in [1.29, 1.82) is 0 Å². The fraction of sp³-hybridized carbons (Fsp3) is 0.417. The van der Waals surface area contributed by atoms with Crippen LogP contribution in [-0.2, 0) is 0 Å². The molecular weight excluding hydrogens is 293 g/mol. The highest BCUT2D eigenvalue weighted by molar-refractivity contribution is 6.31. The molecule has 1 fully saturated rings. The van der Waals surface area contributed by atoms with Crippen molar-refractivity contribution in [3.05, 3.63) is 41.7 Å². The molecule has 3 nitrogen and oxygen atoms in total. The Bertz CT molecular complexity index is 367. The van der Waals surface area contributed by atoms with E-state index in [0.29, 0.717) is 5.02 Å². The summed E-state index contributed by atoms with van der Waals surface area (Å²) in [7, 11) is 0. The second-order valence-corrected chi connectivity index (χ2v) is 4.27. The number of hydrogen-bond donors (Lipinski definition) is 1. The van der Waals surface area contributed by atoms with Crippen LogP contribution in [0.2, 0.25) is 5.02 Å². The number of piperazine rings is 1. The van der Waals surface area contributed by atoms with Gasteiger partial charge < -0.3 is 5.32 Å². The number of nitrogens with zero attached hydrogens (tertiary/aromatic N) is 2. The van der Waals surface area contributed by atoms with Crippen molar-refractivity contribution in [2.45, 2.75) is 6.04 Å². The number of rotatable bonds is 3. The average Bonchev–Trinajstić information content (AvgIpc) is 2.34. The van der Waals surface area contributed by atoms with E-state index in [1.165, 1.54) is 0 Å². The van der Waals surface area contributed by atoms with Gasteiger partial charge in [-0.25, -0.2) is 0 Å². The van der Waals surface area contributed by atoms with Crippen LogP contribution < -0.4 is 5.32 Å². The zero-order chi connectivity index (χ0) is 11.4. The van der Waals surface area contributed by atoms with Crippen LogP contribution in [0.1, 0.15) is 11.6 Å². The highest BCUT2D eigenvalue weighted by Gasteiger charge is 2.20. The molecule has 1 N–H and O–H groups in total. The normalized spacial score (nSPS) is 17.2. The first-order chi connectivity index (χ1) is 7.83. The van der Waals surface area contributed by atoms with E-state index in [1.54, 1.807) is 12.4 Å². The summed E-state index contributed by atoms with van der Waals surface area (Å²) in [6.45, 7) is 8.00. The minimum atomic E-state index is 0.